The number of carbonyl (C=O) groups excluding carboxylic acids is 3. The number of benzene rings is 2. The SMILES string of the molecule is CN(CC(=O)Nc1cccc(Cl)c1)C(=O)C1CCN(C(=O)CCc2ccccc2)CC1. The summed E-state index contributed by atoms with van der Waals surface area (Å²) < 4.78 is 0. The van der Waals surface area contributed by atoms with Crippen molar-refractivity contribution in [3.8, 4) is 0 Å². The van der Waals surface area contributed by atoms with Crippen LogP contribution in [0.2, 0.25) is 5.02 Å². The standard InChI is InChI=1S/C24H28ClN3O3/c1-27(17-22(29)26-21-9-5-8-20(25)16-21)24(31)19-12-14-28(15-13-19)23(30)11-10-18-6-3-2-4-7-18/h2-9,16,19H,10-15,17H2,1H3,(H,26,29). The highest BCUT2D eigenvalue weighted by Gasteiger charge is 2.29. The normalized spacial score (nSPS) is 14.2. The van der Waals surface area contributed by atoms with Crippen LogP contribution in [0, 0.1) is 5.92 Å². The van der Waals surface area contributed by atoms with Gasteiger partial charge >= 0.3 is 0 Å². The molecule has 0 saturated carbocycles. The molecule has 1 aliphatic heterocycles. The minimum absolute atomic E-state index is 0.0262. The molecule has 1 aliphatic rings. The summed E-state index contributed by atoms with van der Waals surface area (Å²) in [7, 11) is 1.64. The van der Waals surface area contributed by atoms with E-state index >= 15 is 0 Å². The molecular formula is C24H28ClN3O3. The van der Waals surface area contributed by atoms with Gasteiger partial charge in [0.25, 0.3) is 0 Å². The molecule has 0 bridgehead atoms. The van der Waals surface area contributed by atoms with E-state index in [1.54, 1.807) is 31.3 Å². The van der Waals surface area contributed by atoms with Crippen LogP contribution >= 0.6 is 11.6 Å². The van der Waals surface area contributed by atoms with E-state index in [4.69, 9.17) is 11.6 Å². The third-order valence-corrected chi connectivity index (χ3v) is 5.77. The predicted octanol–water partition coefficient (Wildman–Crippen LogP) is 3.61. The number of amides is 3. The van der Waals surface area contributed by atoms with Gasteiger partial charge < -0.3 is 15.1 Å². The summed E-state index contributed by atoms with van der Waals surface area (Å²) >= 11 is 5.93. The maximum Gasteiger partial charge on any atom is 0.243 e. The fourth-order valence-electron chi connectivity index (χ4n) is 3.80. The molecule has 6 nitrogen and oxygen atoms in total. The third-order valence-electron chi connectivity index (χ3n) is 5.53. The molecule has 2 aromatic carbocycles. The Labute approximate surface area is 188 Å². The largest absolute Gasteiger partial charge is 0.343 e. The van der Waals surface area contributed by atoms with E-state index in [1.165, 1.54) is 4.90 Å². The Morgan fingerprint density at radius 2 is 1.77 bits per heavy atom. The monoisotopic (exact) mass is 441 g/mol. The first-order valence-electron chi connectivity index (χ1n) is 10.5. The molecular weight excluding hydrogens is 414 g/mol. The molecule has 3 amide bonds. The lowest BCUT2D eigenvalue weighted by molar-refractivity contribution is -0.141. The Balaban J connectivity index is 1.41. The third kappa shape index (κ3) is 6.82. The Kier molecular flexibility index (Phi) is 8.06. The van der Waals surface area contributed by atoms with Gasteiger partial charge in [-0.25, -0.2) is 0 Å². The van der Waals surface area contributed by atoms with Crippen LogP contribution in [0.25, 0.3) is 0 Å². The van der Waals surface area contributed by atoms with Gasteiger partial charge in [0.05, 0.1) is 6.54 Å². The van der Waals surface area contributed by atoms with Gasteiger partial charge in [-0.15, -0.1) is 0 Å². The van der Waals surface area contributed by atoms with Crippen LogP contribution in [0.4, 0.5) is 5.69 Å². The molecule has 0 aromatic heterocycles. The molecule has 0 spiro atoms. The second-order valence-corrected chi connectivity index (χ2v) is 8.33. The molecule has 0 radical (unpaired) electrons. The quantitative estimate of drug-likeness (QED) is 0.713. The predicted molar refractivity (Wildman–Crippen MR) is 122 cm³/mol. The number of carbonyl (C=O) groups is 3. The van der Waals surface area contributed by atoms with Crippen molar-refractivity contribution in [2.24, 2.45) is 5.92 Å². The van der Waals surface area contributed by atoms with Crippen LogP contribution < -0.4 is 5.32 Å². The Morgan fingerprint density at radius 1 is 1.06 bits per heavy atom. The maximum absolute atomic E-state index is 12.7. The highest BCUT2D eigenvalue weighted by atomic mass is 35.5. The zero-order valence-corrected chi connectivity index (χ0v) is 18.5. The number of hydrogen-bond donors (Lipinski definition) is 1. The Hall–Kier alpha value is -2.86. The van der Waals surface area contributed by atoms with Crippen LogP contribution in [-0.4, -0.2) is 54.2 Å². The fraction of sp³-hybridized carbons (Fsp3) is 0.375. The first-order valence-corrected chi connectivity index (χ1v) is 10.9. The van der Waals surface area contributed by atoms with Crippen molar-refractivity contribution in [2.75, 3.05) is 32.0 Å². The molecule has 0 atom stereocenters. The minimum Gasteiger partial charge on any atom is -0.343 e. The fourth-order valence-corrected chi connectivity index (χ4v) is 3.99. The summed E-state index contributed by atoms with van der Waals surface area (Å²) in [6.07, 6.45) is 2.45. The highest BCUT2D eigenvalue weighted by molar-refractivity contribution is 6.30. The molecule has 164 valence electrons. The van der Waals surface area contributed by atoms with Gasteiger partial charge in [0.1, 0.15) is 0 Å². The molecule has 1 N–H and O–H groups in total. The van der Waals surface area contributed by atoms with Crippen LogP contribution in [0.5, 0.6) is 0 Å². The van der Waals surface area contributed by atoms with Gasteiger partial charge in [-0.3, -0.25) is 14.4 Å². The van der Waals surface area contributed by atoms with Gasteiger partial charge in [0.15, 0.2) is 0 Å². The molecule has 31 heavy (non-hydrogen) atoms. The summed E-state index contributed by atoms with van der Waals surface area (Å²) in [5.74, 6) is -0.365. The summed E-state index contributed by atoms with van der Waals surface area (Å²) in [5.41, 5.74) is 1.75. The van der Waals surface area contributed by atoms with Gasteiger partial charge in [-0.05, 0) is 43.0 Å². The average Bonchev–Trinajstić information content (AvgIpc) is 2.77. The molecule has 3 rings (SSSR count). The van der Waals surface area contributed by atoms with E-state index in [9.17, 15) is 14.4 Å². The van der Waals surface area contributed by atoms with E-state index in [-0.39, 0.29) is 30.2 Å². The van der Waals surface area contributed by atoms with Crippen LogP contribution in [0.15, 0.2) is 54.6 Å². The molecule has 1 fully saturated rings. The van der Waals surface area contributed by atoms with E-state index in [2.05, 4.69) is 5.32 Å². The summed E-state index contributed by atoms with van der Waals surface area (Å²) in [5, 5.41) is 3.29. The molecule has 7 heteroatoms. The maximum atomic E-state index is 12.7. The van der Waals surface area contributed by atoms with Crippen molar-refractivity contribution in [2.45, 2.75) is 25.7 Å². The number of nitrogens with one attached hydrogen (secondary N) is 1. The number of halogens is 1. The van der Waals surface area contributed by atoms with Crippen LogP contribution in [-0.2, 0) is 20.8 Å². The molecule has 2 aromatic rings. The van der Waals surface area contributed by atoms with Crippen LogP contribution in [0.3, 0.4) is 0 Å². The van der Waals surface area contributed by atoms with Gasteiger partial charge in [0.2, 0.25) is 17.7 Å². The average molecular weight is 442 g/mol. The van der Waals surface area contributed by atoms with E-state index in [1.807, 2.05) is 35.2 Å². The Bertz CT molecular complexity index is 911. The first-order chi connectivity index (χ1) is 14.9. The number of anilines is 1. The Morgan fingerprint density at radius 3 is 2.45 bits per heavy atom. The van der Waals surface area contributed by atoms with Crippen molar-refractivity contribution < 1.29 is 14.4 Å². The smallest absolute Gasteiger partial charge is 0.243 e. The number of likely N-dealkylation sites (tertiary alicyclic amines) is 1. The number of rotatable bonds is 7. The van der Waals surface area contributed by atoms with Gasteiger partial charge in [0, 0.05) is 43.2 Å². The second kappa shape index (κ2) is 11.0. The molecule has 1 heterocycles. The topological polar surface area (TPSA) is 69.7 Å². The summed E-state index contributed by atoms with van der Waals surface area (Å²) in [6, 6.07) is 16.8. The lowest BCUT2D eigenvalue weighted by Crippen LogP contribution is -2.45. The van der Waals surface area contributed by atoms with E-state index in [0.29, 0.717) is 43.1 Å². The number of nitrogens with zero attached hydrogens (tertiary/aromatic N) is 2. The number of likely N-dealkylation sites (N-methyl/N-ethyl adjacent to an activating group) is 1. The number of hydrogen-bond acceptors (Lipinski definition) is 3. The van der Waals surface area contributed by atoms with Crippen molar-refractivity contribution in [1.29, 1.82) is 0 Å². The van der Waals surface area contributed by atoms with Gasteiger partial charge in [-0.2, -0.15) is 0 Å². The second-order valence-electron chi connectivity index (χ2n) is 7.89. The van der Waals surface area contributed by atoms with Crippen molar-refractivity contribution in [3.05, 3.63) is 65.2 Å². The molecule has 1 saturated heterocycles. The molecule has 0 unspecified atom stereocenters. The summed E-state index contributed by atoms with van der Waals surface area (Å²) in [4.78, 5) is 40.8. The highest BCUT2D eigenvalue weighted by Crippen LogP contribution is 2.21. The zero-order valence-electron chi connectivity index (χ0n) is 17.7. The van der Waals surface area contributed by atoms with Crippen LogP contribution in [0.1, 0.15) is 24.8 Å². The zero-order chi connectivity index (χ0) is 22.2. The minimum atomic E-state index is -0.272. The van der Waals surface area contributed by atoms with Crippen molar-refractivity contribution in [1.82, 2.24) is 9.80 Å². The molecule has 0 aliphatic carbocycles. The summed E-state index contributed by atoms with van der Waals surface area (Å²) in [6.45, 7) is 1.13. The van der Waals surface area contributed by atoms with Gasteiger partial charge in [-0.1, -0.05) is 48.0 Å². The number of aryl methyl sites for hydroxylation is 1. The lowest BCUT2D eigenvalue weighted by atomic mass is 9.95. The van der Waals surface area contributed by atoms with E-state index in [0.717, 1.165) is 12.0 Å². The lowest BCUT2D eigenvalue weighted by Gasteiger charge is -2.33. The number of piperidine rings is 1. The first kappa shape index (κ1) is 22.8. The van der Waals surface area contributed by atoms with E-state index < -0.39 is 0 Å². The van der Waals surface area contributed by atoms with Crippen molar-refractivity contribution in [3.63, 3.8) is 0 Å². The van der Waals surface area contributed by atoms with Crippen molar-refractivity contribution >= 4 is 35.0 Å².